The normalized spacial score (nSPS) is 17.6. The molecule has 0 bridgehead atoms. The van der Waals surface area contributed by atoms with E-state index in [9.17, 15) is 38.7 Å². The molecule has 1 saturated carbocycles. The molecule has 1 unspecified atom stereocenters. The SMILES string of the molecule is CC(C)[C@H](NC(=O)CCCCCN1C(=O)CC(SC(C)(C)C2CCCCCCCCCCC2)C1=O)C(=O)N[C@@H](CCCNC(N)=O)C(=O)Nc1ccc(COC(=O)NCCCOC(C)(C)CO)cc1. The van der Waals surface area contributed by atoms with Gasteiger partial charge in [-0.2, -0.15) is 0 Å². The minimum Gasteiger partial charge on any atom is -0.445 e. The molecule has 0 aromatic heterocycles. The molecule has 1 aromatic rings. The molecule has 2 aliphatic rings. The van der Waals surface area contributed by atoms with Crippen LogP contribution in [0.1, 0.15) is 169 Å². The predicted molar refractivity (Wildman–Crippen MR) is 270 cm³/mol. The summed E-state index contributed by atoms with van der Waals surface area (Å²) in [5.41, 5.74) is 5.67. The van der Waals surface area contributed by atoms with Gasteiger partial charge in [-0.25, -0.2) is 9.59 Å². The summed E-state index contributed by atoms with van der Waals surface area (Å²) in [6, 6.07) is 3.97. The lowest BCUT2D eigenvalue weighted by molar-refractivity contribution is -0.138. The van der Waals surface area contributed by atoms with Crippen LogP contribution in [0.2, 0.25) is 0 Å². The van der Waals surface area contributed by atoms with E-state index in [-0.39, 0.29) is 72.7 Å². The number of nitrogens with zero attached hydrogens (tertiary/aromatic N) is 1. The molecule has 8 amide bonds. The molecule has 2 fully saturated rings. The molecule has 18 heteroatoms. The summed E-state index contributed by atoms with van der Waals surface area (Å²) >= 11 is 1.68. The number of imide groups is 1. The fourth-order valence-corrected chi connectivity index (χ4v) is 10.2. The maximum absolute atomic E-state index is 13.7. The second-order valence-electron chi connectivity index (χ2n) is 20.2. The number of anilines is 1. The zero-order valence-electron chi connectivity index (χ0n) is 42.4. The number of benzene rings is 1. The summed E-state index contributed by atoms with van der Waals surface area (Å²) in [6.07, 6.45) is 16.3. The number of likely N-dealkylation sites (tertiary alicyclic amines) is 1. The van der Waals surface area contributed by atoms with Crippen LogP contribution in [0.4, 0.5) is 15.3 Å². The summed E-state index contributed by atoms with van der Waals surface area (Å²) in [6.45, 7) is 12.7. The Hall–Kier alpha value is -4.42. The van der Waals surface area contributed by atoms with Crippen LogP contribution in [0.5, 0.6) is 0 Å². The van der Waals surface area contributed by atoms with E-state index < -0.39 is 41.6 Å². The van der Waals surface area contributed by atoms with Crippen LogP contribution < -0.4 is 32.3 Å². The summed E-state index contributed by atoms with van der Waals surface area (Å²) < 4.78 is 10.7. The van der Waals surface area contributed by atoms with Crippen molar-refractivity contribution >= 4 is 59.1 Å². The standard InChI is InChI=1S/C51H85N7O10S/c1-36(2)44(57-42(60)24-17-14-18-31-58-43(61)33-41(47(58)64)69-51(5,6)38-21-15-12-10-8-7-9-11-13-16-22-38)46(63)56-40(23-19-29-53-48(52)65)45(62)55-39-27-25-37(26-28-39)34-67-49(66)54-30-20-32-68-50(3,4)35-59/h25-28,36,38,40-41,44,59H,7-24,29-35H2,1-6H3,(H,54,66)(H,55,62)(H,56,63)(H,57,60)(H3,52,53,65)/t40-,41?,44-/m0/s1. The van der Waals surface area contributed by atoms with Crippen molar-refractivity contribution in [2.75, 3.05) is 38.2 Å². The van der Waals surface area contributed by atoms with Crippen molar-refractivity contribution in [3.8, 4) is 0 Å². The van der Waals surface area contributed by atoms with Crippen LogP contribution in [0.25, 0.3) is 0 Å². The van der Waals surface area contributed by atoms with Crippen molar-refractivity contribution in [2.45, 2.75) is 198 Å². The Morgan fingerprint density at radius 3 is 2.04 bits per heavy atom. The van der Waals surface area contributed by atoms with Crippen LogP contribution in [-0.2, 0) is 40.1 Å². The van der Waals surface area contributed by atoms with E-state index in [1.807, 2.05) is 0 Å². The number of aliphatic hydroxyl groups is 1. The third-order valence-corrected chi connectivity index (χ3v) is 14.5. The van der Waals surface area contributed by atoms with E-state index >= 15 is 0 Å². The Kier molecular flexibility index (Phi) is 26.5. The summed E-state index contributed by atoms with van der Waals surface area (Å²) in [5, 5.41) is 22.5. The number of primary amides is 1. The second kappa shape index (κ2) is 31.0. The molecule has 3 rings (SSSR count). The van der Waals surface area contributed by atoms with Crippen molar-refractivity contribution in [1.82, 2.24) is 26.2 Å². The van der Waals surface area contributed by atoms with Gasteiger partial charge in [0.1, 0.15) is 18.7 Å². The van der Waals surface area contributed by atoms with E-state index in [0.29, 0.717) is 69.0 Å². The maximum atomic E-state index is 13.7. The van der Waals surface area contributed by atoms with Gasteiger partial charge < -0.3 is 46.9 Å². The molecule has 3 atom stereocenters. The quantitative estimate of drug-likeness (QED) is 0.0342. The molecule has 390 valence electrons. The number of hydrogen-bond donors (Lipinski definition) is 7. The van der Waals surface area contributed by atoms with Gasteiger partial charge in [0.25, 0.3) is 0 Å². The Morgan fingerprint density at radius 1 is 0.812 bits per heavy atom. The number of ether oxygens (including phenoxy) is 2. The Labute approximate surface area is 415 Å². The topological polar surface area (TPSA) is 248 Å². The summed E-state index contributed by atoms with van der Waals surface area (Å²) in [7, 11) is 0. The highest BCUT2D eigenvalue weighted by Crippen LogP contribution is 2.44. The van der Waals surface area contributed by atoms with Gasteiger partial charge in [0.2, 0.25) is 29.5 Å². The number of rotatable bonds is 27. The van der Waals surface area contributed by atoms with E-state index in [2.05, 4.69) is 40.4 Å². The third-order valence-electron chi connectivity index (χ3n) is 12.9. The number of carbonyl (C=O) groups is 7. The van der Waals surface area contributed by atoms with Crippen molar-refractivity contribution in [3.05, 3.63) is 29.8 Å². The molecule has 17 nitrogen and oxygen atoms in total. The summed E-state index contributed by atoms with van der Waals surface area (Å²) in [4.78, 5) is 91.9. The van der Waals surface area contributed by atoms with Crippen LogP contribution in [0, 0.1) is 11.8 Å². The van der Waals surface area contributed by atoms with Gasteiger partial charge in [-0.1, -0.05) is 104 Å². The average molecular weight is 988 g/mol. The lowest BCUT2D eigenvalue weighted by Gasteiger charge is -2.36. The number of nitrogens with one attached hydrogen (secondary N) is 5. The van der Waals surface area contributed by atoms with Crippen LogP contribution in [-0.4, -0.2) is 112 Å². The lowest BCUT2D eigenvalue weighted by Crippen LogP contribution is -2.54. The Morgan fingerprint density at radius 2 is 1.43 bits per heavy atom. The molecular weight excluding hydrogens is 903 g/mol. The smallest absolute Gasteiger partial charge is 0.407 e. The van der Waals surface area contributed by atoms with E-state index in [4.69, 9.17) is 15.2 Å². The minimum absolute atomic E-state index is 0.0126. The van der Waals surface area contributed by atoms with Gasteiger partial charge in [-0.15, -0.1) is 11.8 Å². The van der Waals surface area contributed by atoms with Gasteiger partial charge in [0, 0.05) is 49.5 Å². The first kappa shape index (κ1) is 58.9. The first-order valence-corrected chi connectivity index (χ1v) is 26.4. The molecule has 1 aliphatic heterocycles. The van der Waals surface area contributed by atoms with Crippen molar-refractivity contribution in [1.29, 1.82) is 0 Å². The van der Waals surface area contributed by atoms with Crippen molar-refractivity contribution in [3.63, 3.8) is 0 Å². The first-order chi connectivity index (χ1) is 32.8. The number of aliphatic hydroxyl groups excluding tert-OH is 1. The largest absolute Gasteiger partial charge is 0.445 e. The van der Waals surface area contributed by atoms with Crippen LogP contribution in [0.3, 0.4) is 0 Å². The minimum atomic E-state index is -1.03. The molecule has 8 N–H and O–H groups in total. The van der Waals surface area contributed by atoms with Crippen LogP contribution >= 0.6 is 11.8 Å². The van der Waals surface area contributed by atoms with Crippen LogP contribution in [0.15, 0.2) is 24.3 Å². The Bertz CT molecular complexity index is 1770. The number of nitrogens with two attached hydrogens (primary N) is 1. The molecule has 69 heavy (non-hydrogen) atoms. The van der Waals surface area contributed by atoms with Gasteiger partial charge in [0.15, 0.2) is 0 Å². The number of thioether (sulfide) groups is 1. The fraction of sp³-hybridized carbons (Fsp3) is 0.745. The molecule has 0 radical (unpaired) electrons. The molecule has 1 aliphatic carbocycles. The average Bonchev–Trinajstić information content (AvgIpc) is 3.55. The summed E-state index contributed by atoms with van der Waals surface area (Å²) in [5.74, 6) is -1.43. The highest BCUT2D eigenvalue weighted by molar-refractivity contribution is 8.02. The number of amides is 8. The number of urea groups is 1. The fourth-order valence-electron chi connectivity index (χ4n) is 8.63. The van der Waals surface area contributed by atoms with Crippen molar-refractivity contribution < 1.29 is 48.1 Å². The maximum Gasteiger partial charge on any atom is 0.407 e. The van der Waals surface area contributed by atoms with E-state index in [1.165, 1.54) is 62.7 Å². The molecule has 0 spiro atoms. The number of unbranched alkanes of at least 4 members (excludes halogenated alkanes) is 2. The molecular formula is C51H85N7O10S. The number of carbonyl (C=O) groups excluding carboxylic acids is 7. The Balaban J connectivity index is 1.46. The van der Waals surface area contributed by atoms with Crippen molar-refractivity contribution in [2.24, 2.45) is 17.6 Å². The lowest BCUT2D eigenvalue weighted by atomic mass is 9.84. The highest BCUT2D eigenvalue weighted by Gasteiger charge is 2.43. The zero-order valence-corrected chi connectivity index (χ0v) is 43.2. The second-order valence-corrected chi connectivity index (χ2v) is 22.0. The number of hydrogen-bond acceptors (Lipinski definition) is 11. The molecule has 1 heterocycles. The van der Waals surface area contributed by atoms with E-state index in [0.717, 1.165) is 12.8 Å². The zero-order chi connectivity index (χ0) is 50.8. The number of alkyl carbamates (subject to hydrolysis) is 1. The van der Waals surface area contributed by atoms with Gasteiger partial charge in [-0.05, 0) is 88.3 Å². The molecule has 1 aromatic carbocycles. The van der Waals surface area contributed by atoms with Gasteiger partial charge in [-0.3, -0.25) is 28.9 Å². The first-order valence-electron chi connectivity index (χ1n) is 25.5. The van der Waals surface area contributed by atoms with E-state index in [1.54, 1.807) is 63.7 Å². The predicted octanol–water partition coefficient (Wildman–Crippen LogP) is 7.22. The third kappa shape index (κ3) is 22.9. The monoisotopic (exact) mass is 988 g/mol. The van der Waals surface area contributed by atoms with Gasteiger partial charge >= 0.3 is 12.1 Å². The highest BCUT2D eigenvalue weighted by atomic mass is 32.2. The molecule has 1 saturated heterocycles. The van der Waals surface area contributed by atoms with Gasteiger partial charge in [0.05, 0.1) is 17.5 Å².